The third-order valence-electron chi connectivity index (χ3n) is 9.99. The number of aromatic nitrogens is 4. The van der Waals surface area contributed by atoms with Crippen LogP contribution in [-0.2, 0) is 41.3 Å². The summed E-state index contributed by atoms with van der Waals surface area (Å²) in [6, 6.07) is 39.6. The molecule has 3 aromatic carbocycles. The minimum absolute atomic E-state index is 0.0811. The van der Waals surface area contributed by atoms with Crippen LogP contribution >= 0.6 is 0 Å². The van der Waals surface area contributed by atoms with Crippen LogP contribution in [0, 0.1) is 33.1 Å². The monoisotopic (exact) mass is 1070 g/mol. The summed E-state index contributed by atoms with van der Waals surface area (Å²) in [5.41, 5.74) is 14.3. The van der Waals surface area contributed by atoms with E-state index in [-0.39, 0.29) is 10.8 Å². The fraction of sp³-hybridized carbons (Fsp3) is 0.390. The first-order valence-corrected chi connectivity index (χ1v) is 27.6. The molecule has 0 aliphatic rings. The van der Waals surface area contributed by atoms with E-state index in [4.69, 9.17) is 6.99 Å². The Morgan fingerprint density at radius 2 is 0.716 bits per heavy atom. The molecule has 7 aromatic rings. The summed E-state index contributed by atoms with van der Waals surface area (Å²) in [7, 11) is 0. The largest absolute Gasteiger partial charge is 0.670 e. The van der Waals surface area contributed by atoms with E-state index in [0.29, 0.717) is 23.7 Å². The summed E-state index contributed by atoms with van der Waals surface area (Å²) in [5, 5.41) is 0. The quantitative estimate of drug-likeness (QED) is 0.142. The second-order valence-electron chi connectivity index (χ2n) is 19.4. The molecule has 0 aliphatic carbocycles. The van der Waals surface area contributed by atoms with Crippen molar-refractivity contribution in [1.29, 1.82) is 0 Å². The van der Waals surface area contributed by atoms with Gasteiger partial charge in [0.1, 0.15) is 0 Å². The first kappa shape index (κ1) is 58.6. The molecule has 0 aliphatic heterocycles. The molecule has 0 atom stereocenters. The van der Waals surface area contributed by atoms with Gasteiger partial charge in [-0.2, -0.15) is 47.6 Å². The Hall–Kier alpha value is -4.50. The van der Waals surface area contributed by atoms with Gasteiger partial charge in [-0.05, 0) is 0 Å². The number of hydrogen-bond acceptors (Lipinski definition) is 2. The zero-order valence-electron chi connectivity index (χ0n) is 43.7. The maximum absolute atomic E-state index is 5.13. The standard InChI is InChI=1S/2C12H17N.C10H12.2C6H8N.C5H10.2C4H4N.2Mo/c2*1-8(2)10-6-5-7-11(9(3)4)12(10)13;1-10(2,3)9-7-5-4-6-8-9;2*1-5-3-4-6(2)7-5;1-5(2,3)4;2*1-2-4-5-3-1;;/h2*5-9H,1-4H3;1,4-8H,2-3H3;2*3-4H,1-2H3;1H,2-4H3;2*1-4H;;/q;;;2*-1;;2*-1;2*+2. The molecule has 4 heterocycles. The Morgan fingerprint density at radius 3 is 0.955 bits per heavy atom. The Bertz CT molecular complexity index is 2310. The SMILES string of the molecule is CC(C)c1cccc(C(C)C)c1[N]=[Mo+2]=[CH]C(C)(C)C.CC(C)c1cccc(C(C)C)c1[N]=[Mo+2]=[CH]C(C)(C)c1ccccc1.Cc1ccc(C)[n-]1.Cc1ccc(C)[n-]1.c1cc[n-]c1.c1cc[n-]c1. The fourth-order valence-electron chi connectivity index (χ4n) is 6.30. The smallest absolute Gasteiger partial charge is 0.0607 e. The Balaban J connectivity index is 0.000000311. The average molecular weight is 1070 g/mol. The molecule has 0 spiro atoms. The molecule has 0 radical (unpaired) electrons. The molecule has 0 fully saturated rings. The third kappa shape index (κ3) is 23.9. The van der Waals surface area contributed by atoms with Crippen molar-refractivity contribution in [2.24, 2.45) is 12.4 Å². The summed E-state index contributed by atoms with van der Waals surface area (Å²) >= 11 is -0.968. The van der Waals surface area contributed by atoms with E-state index in [2.05, 4.69) is 185 Å². The van der Waals surface area contributed by atoms with Gasteiger partial charge in [0, 0.05) is 0 Å². The molecule has 0 bridgehead atoms. The van der Waals surface area contributed by atoms with Crippen molar-refractivity contribution in [1.82, 2.24) is 19.9 Å². The van der Waals surface area contributed by atoms with Crippen LogP contribution in [0.4, 0.5) is 11.4 Å². The van der Waals surface area contributed by atoms with Gasteiger partial charge in [-0.25, -0.2) is 0 Å². The fourth-order valence-corrected chi connectivity index (χ4v) is 9.88. The minimum atomic E-state index is -0.553. The van der Waals surface area contributed by atoms with Gasteiger partial charge in [-0.1, -0.05) is 76.2 Å². The van der Waals surface area contributed by atoms with E-state index < -0.39 is 35.8 Å². The molecule has 0 N–H and O–H groups in total. The second-order valence-corrected chi connectivity index (χ2v) is 22.5. The summed E-state index contributed by atoms with van der Waals surface area (Å²) in [6.07, 6.45) is 7.00. The van der Waals surface area contributed by atoms with Crippen LogP contribution in [0.25, 0.3) is 0 Å². The first-order valence-electron chi connectivity index (χ1n) is 23.5. The molecule has 358 valence electrons. The summed E-state index contributed by atoms with van der Waals surface area (Å²) < 4.78 is 15.0. The topological polar surface area (TPSA) is 81.1 Å². The third-order valence-corrected chi connectivity index (χ3v) is 15.1. The van der Waals surface area contributed by atoms with Gasteiger partial charge in [-0.15, -0.1) is 0 Å². The molecule has 67 heavy (non-hydrogen) atoms. The van der Waals surface area contributed by atoms with E-state index in [1.807, 2.05) is 76.2 Å². The molecule has 4 aromatic heterocycles. The Morgan fingerprint density at radius 1 is 0.403 bits per heavy atom. The number of hydrogen-bond donors (Lipinski definition) is 0. The first-order chi connectivity index (χ1) is 31.6. The zero-order valence-corrected chi connectivity index (χ0v) is 47.8. The van der Waals surface area contributed by atoms with E-state index in [1.165, 1.54) is 39.2 Å². The minimum Gasteiger partial charge on any atom is -0.670 e. The Kier molecular flexibility index (Phi) is 26.9. The Labute approximate surface area is 422 Å². The van der Waals surface area contributed by atoms with E-state index in [9.17, 15) is 0 Å². The summed E-state index contributed by atoms with van der Waals surface area (Å²) in [6.45, 7) is 37.4. The predicted molar refractivity (Wildman–Crippen MR) is 282 cm³/mol. The van der Waals surface area contributed by atoms with Gasteiger partial charge >= 0.3 is 282 Å². The number of rotatable bonds is 8. The van der Waals surface area contributed by atoms with Crippen molar-refractivity contribution in [3.05, 3.63) is 191 Å². The molecule has 7 rings (SSSR count). The van der Waals surface area contributed by atoms with Crippen LogP contribution in [0.5, 0.6) is 0 Å². The van der Waals surface area contributed by atoms with Crippen molar-refractivity contribution in [2.45, 2.75) is 147 Å². The van der Waals surface area contributed by atoms with Gasteiger partial charge < -0.3 is 19.9 Å². The van der Waals surface area contributed by atoms with E-state index in [0.717, 1.165) is 22.8 Å². The van der Waals surface area contributed by atoms with Gasteiger partial charge in [0.2, 0.25) is 0 Å². The molecule has 8 heteroatoms. The van der Waals surface area contributed by atoms with Crippen molar-refractivity contribution in [2.75, 3.05) is 0 Å². The van der Waals surface area contributed by atoms with Crippen LogP contribution in [0.3, 0.4) is 0 Å². The molecule has 0 unspecified atom stereocenters. The maximum Gasteiger partial charge on any atom is -0.0607 e. The van der Waals surface area contributed by atoms with E-state index >= 15 is 0 Å². The van der Waals surface area contributed by atoms with Crippen LogP contribution < -0.4 is 19.9 Å². The predicted octanol–water partition coefficient (Wildman–Crippen LogP) is 16.1. The summed E-state index contributed by atoms with van der Waals surface area (Å²) in [4.78, 5) is 15.7. The number of nitrogens with zero attached hydrogens (tertiary/aromatic N) is 6. The van der Waals surface area contributed by atoms with Gasteiger partial charge in [0.15, 0.2) is 0 Å². The molecular weight excluding hydrogens is 985 g/mol. The van der Waals surface area contributed by atoms with Crippen molar-refractivity contribution in [3.63, 3.8) is 0 Å². The van der Waals surface area contributed by atoms with Gasteiger partial charge in [-0.3, -0.25) is 0 Å². The maximum atomic E-state index is 5.13. The normalized spacial score (nSPS) is 10.6. The molecular formula is C59H80Mo2N6. The van der Waals surface area contributed by atoms with Crippen molar-refractivity contribution in [3.8, 4) is 0 Å². The van der Waals surface area contributed by atoms with Crippen LogP contribution in [0.2, 0.25) is 0 Å². The molecule has 0 saturated carbocycles. The van der Waals surface area contributed by atoms with Crippen molar-refractivity contribution >= 4 is 20.2 Å². The number of aryl methyl sites for hydroxylation is 4. The van der Waals surface area contributed by atoms with Crippen LogP contribution in [0.15, 0.2) is 147 Å². The average Bonchev–Trinajstić information content (AvgIpc) is 4.14. The van der Waals surface area contributed by atoms with Crippen molar-refractivity contribution < 1.29 is 35.8 Å². The van der Waals surface area contributed by atoms with Gasteiger partial charge in [0.05, 0.1) is 0 Å². The second kappa shape index (κ2) is 30.8. The zero-order chi connectivity index (χ0) is 50.0. The van der Waals surface area contributed by atoms with Gasteiger partial charge in [0.25, 0.3) is 0 Å². The summed E-state index contributed by atoms with van der Waals surface area (Å²) in [5.74, 6) is 2.10. The van der Waals surface area contributed by atoms with Crippen LogP contribution in [0.1, 0.15) is 164 Å². The van der Waals surface area contributed by atoms with E-state index in [1.54, 1.807) is 24.8 Å². The molecule has 0 amide bonds. The van der Waals surface area contributed by atoms with Crippen LogP contribution in [-0.4, -0.2) is 8.80 Å². The number of benzene rings is 3. The molecule has 6 nitrogen and oxygen atoms in total. The molecule has 0 saturated heterocycles.